The summed E-state index contributed by atoms with van der Waals surface area (Å²) in [5.41, 5.74) is 9.85. The van der Waals surface area contributed by atoms with Crippen molar-refractivity contribution in [3.63, 3.8) is 0 Å². The molecule has 1 saturated heterocycles. The Hall–Kier alpha value is -3.78. The lowest BCUT2D eigenvalue weighted by molar-refractivity contribution is -0.148. The van der Waals surface area contributed by atoms with E-state index in [1.54, 1.807) is 0 Å². The van der Waals surface area contributed by atoms with Gasteiger partial charge in [0.25, 0.3) is 0 Å². The molecule has 1 aliphatic heterocycles. The van der Waals surface area contributed by atoms with Crippen molar-refractivity contribution in [1.29, 1.82) is 0 Å². The van der Waals surface area contributed by atoms with E-state index >= 15 is 0 Å². The number of hydrogen-bond acceptors (Lipinski definition) is 6. The monoisotopic (exact) mass is 530 g/mol. The number of aromatic nitrogens is 2. The van der Waals surface area contributed by atoms with E-state index in [1.807, 2.05) is 60.9 Å². The van der Waals surface area contributed by atoms with Gasteiger partial charge in [-0.1, -0.05) is 69.0 Å². The first-order valence-corrected chi connectivity index (χ1v) is 13.9. The van der Waals surface area contributed by atoms with Gasteiger partial charge in [0.05, 0.1) is 12.6 Å². The molecular weight excluding hydrogens is 492 g/mol. The zero-order chi connectivity index (χ0) is 27.6. The SMILES string of the molecule is CCCCCCCOc1ccc(-c2cnc(-c3ccc(CC(N)C(=O)N4CCCC4C(=O)O)cc3)nc2)cc1. The van der Waals surface area contributed by atoms with Gasteiger partial charge in [0.15, 0.2) is 5.82 Å². The van der Waals surface area contributed by atoms with E-state index < -0.39 is 18.1 Å². The van der Waals surface area contributed by atoms with Gasteiger partial charge >= 0.3 is 5.97 Å². The molecule has 1 amide bonds. The predicted octanol–water partition coefficient (Wildman–Crippen LogP) is 5.11. The number of aliphatic carboxylic acids is 1. The molecule has 39 heavy (non-hydrogen) atoms. The van der Waals surface area contributed by atoms with Crippen molar-refractivity contribution in [2.24, 2.45) is 5.73 Å². The van der Waals surface area contributed by atoms with E-state index in [1.165, 1.54) is 30.6 Å². The average molecular weight is 531 g/mol. The van der Waals surface area contributed by atoms with Crippen molar-refractivity contribution < 1.29 is 19.4 Å². The largest absolute Gasteiger partial charge is 0.494 e. The Labute approximate surface area is 230 Å². The lowest BCUT2D eigenvalue weighted by Crippen LogP contribution is -2.49. The zero-order valence-corrected chi connectivity index (χ0v) is 22.6. The highest BCUT2D eigenvalue weighted by atomic mass is 16.5. The van der Waals surface area contributed by atoms with Crippen molar-refractivity contribution in [2.45, 2.75) is 70.4 Å². The third-order valence-electron chi connectivity index (χ3n) is 7.16. The van der Waals surface area contributed by atoms with Crippen LogP contribution in [-0.4, -0.2) is 57.1 Å². The molecule has 0 radical (unpaired) electrons. The Bertz CT molecular complexity index is 1210. The fraction of sp³-hybridized carbons (Fsp3) is 0.419. The summed E-state index contributed by atoms with van der Waals surface area (Å²) in [4.78, 5) is 34.6. The van der Waals surface area contributed by atoms with E-state index in [9.17, 15) is 14.7 Å². The Kier molecular flexibility index (Phi) is 10.0. The van der Waals surface area contributed by atoms with Crippen LogP contribution in [0.1, 0.15) is 57.4 Å². The van der Waals surface area contributed by atoms with Crippen LogP contribution in [0.25, 0.3) is 22.5 Å². The smallest absolute Gasteiger partial charge is 0.326 e. The quantitative estimate of drug-likeness (QED) is 0.295. The number of carbonyl (C=O) groups is 2. The van der Waals surface area contributed by atoms with E-state index in [0.717, 1.165) is 41.0 Å². The van der Waals surface area contributed by atoms with E-state index in [-0.39, 0.29) is 5.91 Å². The molecule has 2 unspecified atom stereocenters. The molecule has 1 fully saturated rings. The second-order valence-electron chi connectivity index (χ2n) is 10.1. The molecule has 0 spiro atoms. The highest BCUT2D eigenvalue weighted by Gasteiger charge is 2.36. The van der Waals surface area contributed by atoms with Crippen LogP contribution in [0.4, 0.5) is 0 Å². The number of benzene rings is 2. The molecule has 2 atom stereocenters. The van der Waals surface area contributed by atoms with Crippen molar-refractivity contribution in [3.05, 3.63) is 66.5 Å². The predicted molar refractivity (Wildman–Crippen MR) is 151 cm³/mol. The van der Waals surface area contributed by atoms with Crippen LogP contribution in [0.2, 0.25) is 0 Å². The number of carboxylic acid groups (broad SMARTS) is 1. The van der Waals surface area contributed by atoms with Gasteiger partial charge in [0, 0.05) is 30.1 Å². The molecule has 4 rings (SSSR count). The third kappa shape index (κ3) is 7.63. The Morgan fingerprint density at radius 1 is 0.974 bits per heavy atom. The number of carboxylic acids is 1. The van der Waals surface area contributed by atoms with Gasteiger partial charge in [-0.3, -0.25) is 4.79 Å². The molecule has 8 nitrogen and oxygen atoms in total. The first-order chi connectivity index (χ1) is 19.0. The van der Waals surface area contributed by atoms with Crippen LogP contribution in [0.3, 0.4) is 0 Å². The highest BCUT2D eigenvalue weighted by molar-refractivity contribution is 5.87. The fourth-order valence-corrected chi connectivity index (χ4v) is 4.90. The topological polar surface area (TPSA) is 119 Å². The van der Waals surface area contributed by atoms with Gasteiger partial charge < -0.3 is 20.5 Å². The summed E-state index contributed by atoms with van der Waals surface area (Å²) in [6.45, 7) is 3.40. The highest BCUT2D eigenvalue weighted by Crippen LogP contribution is 2.24. The van der Waals surface area contributed by atoms with Crippen molar-refractivity contribution in [3.8, 4) is 28.3 Å². The molecular formula is C31H38N4O4. The fourth-order valence-electron chi connectivity index (χ4n) is 4.90. The number of ether oxygens (including phenoxy) is 1. The number of likely N-dealkylation sites (tertiary alicyclic amines) is 1. The van der Waals surface area contributed by atoms with E-state index in [2.05, 4.69) is 16.9 Å². The summed E-state index contributed by atoms with van der Waals surface area (Å²) < 4.78 is 5.86. The van der Waals surface area contributed by atoms with Crippen LogP contribution in [-0.2, 0) is 16.0 Å². The lowest BCUT2D eigenvalue weighted by Gasteiger charge is -2.24. The Morgan fingerprint density at radius 2 is 1.64 bits per heavy atom. The van der Waals surface area contributed by atoms with Gasteiger partial charge in [0.1, 0.15) is 11.8 Å². The molecule has 1 aliphatic rings. The summed E-state index contributed by atoms with van der Waals surface area (Å²) in [7, 11) is 0. The number of amides is 1. The molecule has 2 aromatic carbocycles. The first-order valence-electron chi connectivity index (χ1n) is 13.9. The molecule has 2 heterocycles. The standard InChI is InChI=1S/C31H38N4O4/c1-2-3-4-5-6-18-39-26-15-13-23(14-16-26)25-20-33-29(34-21-25)24-11-9-22(10-12-24)19-27(32)30(36)35-17-7-8-28(35)31(37)38/h9-16,20-21,27-28H,2-8,17-19,32H2,1H3,(H,37,38). The Balaban J connectivity index is 1.30. The second-order valence-corrected chi connectivity index (χ2v) is 10.1. The summed E-state index contributed by atoms with van der Waals surface area (Å²) in [6, 6.07) is 14.1. The molecule has 8 heteroatoms. The van der Waals surface area contributed by atoms with Crippen LogP contribution >= 0.6 is 0 Å². The molecule has 0 bridgehead atoms. The normalized spacial score (nSPS) is 15.7. The number of hydrogen-bond donors (Lipinski definition) is 2. The average Bonchev–Trinajstić information content (AvgIpc) is 3.46. The summed E-state index contributed by atoms with van der Waals surface area (Å²) >= 11 is 0. The lowest BCUT2D eigenvalue weighted by atomic mass is 10.0. The van der Waals surface area contributed by atoms with Crippen molar-refractivity contribution in [1.82, 2.24) is 14.9 Å². The molecule has 3 N–H and O–H groups in total. The third-order valence-corrected chi connectivity index (χ3v) is 7.16. The van der Waals surface area contributed by atoms with Crippen molar-refractivity contribution >= 4 is 11.9 Å². The second kappa shape index (κ2) is 13.8. The van der Waals surface area contributed by atoms with E-state index in [4.69, 9.17) is 10.5 Å². The number of unbranched alkanes of at least 4 members (excludes halogenated alkanes) is 4. The summed E-state index contributed by atoms with van der Waals surface area (Å²) in [6.07, 6.45) is 11.2. The van der Waals surface area contributed by atoms with Gasteiger partial charge in [-0.15, -0.1) is 0 Å². The number of nitrogens with zero attached hydrogens (tertiary/aromatic N) is 3. The van der Waals surface area contributed by atoms with Gasteiger partial charge in [-0.2, -0.15) is 0 Å². The van der Waals surface area contributed by atoms with Crippen LogP contribution < -0.4 is 10.5 Å². The number of rotatable bonds is 13. The van der Waals surface area contributed by atoms with Crippen molar-refractivity contribution in [2.75, 3.05) is 13.2 Å². The van der Waals surface area contributed by atoms with Crippen LogP contribution in [0.5, 0.6) is 5.75 Å². The van der Waals surface area contributed by atoms with Gasteiger partial charge in [-0.05, 0) is 48.9 Å². The minimum absolute atomic E-state index is 0.315. The summed E-state index contributed by atoms with van der Waals surface area (Å²) in [5.74, 6) is 0.188. The zero-order valence-electron chi connectivity index (χ0n) is 22.6. The molecule has 1 aromatic heterocycles. The summed E-state index contributed by atoms with van der Waals surface area (Å²) in [5, 5.41) is 9.34. The van der Waals surface area contributed by atoms with Crippen LogP contribution in [0, 0.1) is 0 Å². The molecule has 0 aliphatic carbocycles. The molecule has 0 saturated carbocycles. The van der Waals surface area contributed by atoms with E-state index in [0.29, 0.717) is 31.6 Å². The maximum Gasteiger partial charge on any atom is 0.326 e. The van der Waals surface area contributed by atoms with Gasteiger partial charge in [0.2, 0.25) is 5.91 Å². The van der Waals surface area contributed by atoms with Gasteiger partial charge in [-0.25, -0.2) is 14.8 Å². The number of carbonyl (C=O) groups excluding carboxylic acids is 1. The molecule has 206 valence electrons. The minimum Gasteiger partial charge on any atom is -0.494 e. The first kappa shape index (κ1) is 28.2. The number of nitrogens with two attached hydrogens (primary N) is 1. The Morgan fingerprint density at radius 3 is 2.31 bits per heavy atom. The molecule has 3 aromatic rings. The van der Waals surface area contributed by atoms with Crippen LogP contribution in [0.15, 0.2) is 60.9 Å². The maximum atomic E-state index is 12.7. The minimum atomic E-state index is -0.974. The maximum absolute atomic E-state index is 12.7.